The Labute approximate surface area is 159 Å². The maximum absolute atomic E-state index is 12.4. The molecule has 27 heavy (non-hydrogen) atoms. The third-order valence-corrected chi connectivity index (χ3v) is 4.08. The van der Waals surface area contributed by atoms with Crippen LogP contribution in [0.15, 0.2) is 54.6 Å². The molecule has 140 valence electrons. The van der Waals surface area contributed by atoms with Gasteiger partial charge in [-0.2, -0.15) is 0 Å². The maximum atomic E-state index is 12.4. The van der Waals surface area contributed by atoms with Crippen molar-refractivity contribution in [2.45, 2.75) is 33.3 Å². The Hall–Kier alpha value is -3.08. The summed E-state index contributed by atoms with van der Waals surface area (Å²) in [7, 11) is 0. The van der Waals surface area contributed by atoms with Crippen molar-refractivity contribution in [1.29, 1.82) is 0 Å². The molecule has 1 aromatic heterocycles. The number of aromatic nitrogens is 1. The summed E-state index contributed by atoms with van der Waals surface area (Å²) in [4.78, 5) is 18.6. The SMILES string of the molecule is CCN(C(=O)OC(C)(C)C)c1ccc(-c2ccc3cc(O)ccc3n2)cc1. The van der Waals surface area contributed by atoms with E-state index in [-0.39, 0.29) is 11.8 Å². The van der Waals surface area contributed by atoms with Crippen LogP contribution >= 0.6 is 0 Å². The van der Waals surface area contributed by atoms with Crippen LogP contribution in [0.2, 0.25) is 0 Å². The van der Waals surface area contributed by atoms with Crippen molar-refractivity contribution < 1.29 is 14.6 Å². The number of anilines is 1. The number of hydrogen-bond acceptors (Lipinski definition) is 4. The van der Waals surface area contributed by atoms with E-state index >= 15 is 0 Å². The largest absolute Gasteiger partial charge is 0.508 e. The Bertz CT molecular complexity index is 959. The molecule has 0 unspecified atom stereocenters. The molecule has 0 saturated heterocycles. The van der Waals surface area contributed by atoms with E-state index in [0.717, 1.165) is 27.8 Å². The Morgan fingerprint density at radius 1 is 1.07 bits per heavy atom. The number of fused-ring (bicyclic) bond motifs is 1. The molecule has 0 aliphatic carbocycles. The molecule has 0 saturated carbocycles. The van der Waals surface area contributed by atoms with Crippen LogP contribution in [0.4, 0.5) is 10.5 Å². The van der Waals surface area contributed by atoms with E-state index in [2.05, 4.69) is 4.98 Å². The molecule has 5 heteroatoms. The number of ether oxygens (including phenoxy) is 1. The highest BCUT2D eigenvalue weighted by molar-refractivity contribution is 5.88. The third kappa shape index (κ3) is 4.37. The summed E-state index contributed by atoms with van der Waals surface area (Å²) in [6.07, 6.45) is -0.360. The van der Waals surface area contributed by atoms with Crippen LogP contribution in [0, 0.1) is 0 Å². The molecule has 0 atom stereocenters. The number of phenolic OH excluding ortho intramolecular Hbond substituents is 1. The van der Waals surface area contributed by atoms with Gasteiger partial charge in [-0.15, -0.1) is 0 Å². The Morgan fingerprint density at radius 2 is 1.78 bits per heavy atom. The zero-order valence-electron chi connectivity index (χ0n) is 16.1. The second-order valence-corrected chi connectivity index (χ2v) is 7.34. The van der Waals surface area contributed by atoms with Crippen molar-refractivity contribution in [2.75, 3.05) is 11.4 Å². The van der Waals surface area contributed by atoms with Gasteiger partial charge in [0.25, 0.3) is 0 Å². The number of carbonyl (C=O) groups is 1. The number of pyridine rings is 1. The molecular formula is C22H24N2O3. The van der Waals surface area contributed by atoms with Gasteiger partial charge in [0.05, 0.1) is 11.2 Å². The summed E-state index contributed by atoms with van der Waals surface area (Å²) in [5.41, 5.74) is 2.85. The second kappa shape index (κ2) is 7.27. The lowest BCUT2D eigenvalue weighted by molar-refractivity contribution is 0.0582. The molecule has 0 fully saturated rings. The quantitative estimate of drug-likeness (QED) is 0.679. The Kier molecular flexibility index (Phi) is 5.04. The highest BCUT2D eigenvalue weighted by Gasteiger charge is 2.22. The molecule has 3 rings (SSSR count). The van der Waals surface area contributed by atoms with Gasteiger partial charge in [0.2, 0.25) is 0 Å². The predicted octanol–water partition coefficient (Wildman–Crippen LogP) is 5.37. The molecule has 0 aliphatic rings. The Balaban J connectivity index is 1.86. The molecule has 0 aliphatic heterocycles. The van der Waals surface area contributed by atoms with Gasteiger partial charge in [0.15, 0.2) is 0 Å². The van der Waals surface area contributed by atoms with Crippen LogP contribution in [0.1, 0.15) is 27.7 Å². The number of benzene rings is 2. The molecule has 5 nitrogen and oxygen atoms in total. The lowest BCUT2D eigenvalue weighted by Crippen LogP contribution is -2.36. The number of hydrogen-bond donors (Lipinski definition) is 1. The number of amides is 1. The van der Waals surface area contributed by atoms with Gasteiger partial charge in [-0.25, -0.2) is 9.78 Å². The highest BCUT2D eigenvalue weighted by Crippen LogP contribution is 2.26. The van der Waals surface area contributed by atoms with E-state index in [4.69, 9.17) is 4.74 Å². The van der Waals surface area contributed by atoms with Crippen molar-refractivity contribution in [3.63, 3.8) is 0 Å². The van der Waals surface area contributed by atoms with Crippen molar-refractivity contribution in [3.05, 3.63) is 54.6 Å². The number of aromatic hydroxyl groups is 1. The summed E-state index contributed by atoms with van der Waals surface area (Å²) in [5.74, 6) is 0.225. The van der Waals surface area contributed by atoms with Crippen LogP contribution in [-0.4, -0.2) is 28.3 Å². The van der Waals surface area contributed by atoms with Gasteiger partial charge >= 0.3 is 6.09 Å². The topological polar surface area (TPSA) is 62.7 Å². The molecule has 1 amide bonds. The fraction of sp³-hybridized carbons (Fsp3) is 0.273. The predicted molar refractivity (Wildman–Crippen MR) is 108 cm³/mol. The van der Waals surface area contributed by atoms with Gasteiger partial charge in [0, 0.05) is 23.2 Å². The van der Waals surface area contributed by atoms with Crippen LogP contribution in [0.3, 0.4) is 0 Å². The normalized spacial score (nSPS) is 11.4. The molecule has 1 heterocycles. The van der Waals surface area contributed by atoms with E-state index in [0.29, 0.717) is 6.54 Å². The van der Waals surface area contributed by atoms with Crippen LogP contribution in [-0.2, 0) is 4.74 Å². The molecule has 0 spiro atoms. The minimum Gasteiger partial charge on any atom is -0.508 e. The number of carbonyl (C=O) groups excluding carboxylic acids is 1. The molecule has 2 aromatic carbocycles. The van der Waals surface area contributed by atoms with E-state index in [1.807, 2.05) is 64.1 Å². The summed E-state index contributed by atoms with van der Waals surface area (Å²) in [5, 5.41) is 10.5. The minimum atomic E-state index is -0.534. The summed E-state index contributed by atoms with van der Waals surface area (Å²) in [6.45, 7) is 8.00. The number of phenols is 1. The van der Waals surface area contributed by atoms with E-state index < -0.39 is 5.60 Å². The zero-order chi connectivity index (χ0) is 19.6. The lowest BCUT2D eigenvalue weighted by Gasteiger charge is -2.26. The van der Waals surface area contributed by atoms with Crippen molar-refractivity contribution >= 4 is 22.7 Å². The van der Waals surface area contributed by atoms with Crippen LogP contribution < -0.4 is 4.90 Å². The molecular weight excluding hydrogens is 340 g/mol. The van der Waals surface area contributed by atoms with Gasteiger partial charge in [-0.3, -0.25) is 4.90 Å². The third-order valence-electron chi connectivity index (χ3n) is 4.08. The minimum absolute atomic E-state index is 0.225. The van der Waals surface area contributed by atoms with Crippen LogP contribution in [0.5, 0.6) is 5.75 Å². The summed E-state index contributed by atoms with van der Waals surface area (Å²) < 4.78 is 5.47. The average Bonchev–Trinajstić information content (AvgIpc) is 2.61. The first-order valence-electron chi connectivity index (χ1n) is 8.97. The summed E-state index contributed by atoms with van der Waals surface area (Å²) >= 11 is 0. The second-order valence-electron chi connectivity index (χ2n) is 7.34. The number of rotatable bonds is 3. The monoisotopic (exact) mass is 364 g/mol. The molecule has 3 aromatic rings. The first kappa shape index (κ1) is 18.7. The van der Waals surface area contributed by atoms with Crippen molar-refractivity contribution in [3.8, 4) is 17.0 Å². The number of nitrogens with zero attached hydrogens (tertiary/aromatic N) is 2. The van der Waals surface area contributed by atoms with E-state index in [1.165, 1.54) is 0 Å². The zero-order valence-corrected chi connectivity index (χ0v) is 16.1. The van der Waals surface area contributed by atoms with E-state index in [9.17, 15) is 9.90 Å². The standard InChI is InChI=1S/C22H24N2O3/c1-5-24(21(26)27-22(2,3)4)17-9-6-15(7-10-17)19-12-8-16-14-18(25)11-13-20(16)23-19/h6-14,25H,5H2,1-4H3. The lowest BCUT2D eigenvalue weighted by atomic mass is 10.1. The fourth-order valence-electron chi connectivity index (χ4n) is 2.82. The van der Waals surface area contributed by atoms with Gasteiger partial charge < -0.3 is 9.84 Å². The highest BCUT2D eigenvalue weighted by atomic mass is 16.6. The first-order valence-corrected chi connectivity index (χ1v) is 8.97. The maximum Gasteiger partial charge on any atom is 0.414 e. The van der Waals surface area contributed by atoms with Crippen molar-refractivity contribution in [2.24, 2.45) is 0 Å². The van der Waals surface area contributed by atoms with Crippen LogP contribution in [0.25, 0.3) is 22.2 Å². The van der Waals surface area contributed by atoms with Gasteiger partial charge in [-0.05, 0) is 64.1 Å². The van der Waals surface area contributed by atoms with Crippen molar-refractivity contribution in [1.82, 2.24) is 4.98 Å². The van der Waals surface area contributed by atoms with Gasteiger partial charge in [-0.1, -0.05) is 18.2 Å². The van der Waals surface area contributed by atoms with E-state index in [1.54, 1.807) is 23.1 Å². The molecule has 0 radical (unpaired) electrons. The first-order chi connectivity index (χ1) is 12.8. The van der Waals surface area contributed by atoms with Gasteiger partial charge in [0.1, 0.15) is 11.4 Å². The molecule has 0 bridgehead atoms. The summed E-state index contributed by atoms with van der Waals surface area (Å²) in [6, 6.07) is 16.6. The average molecular weight is 364 g/mol. The fourth-order valence-corrected chi connectivity index (χ4v) is 2.82. The Morgan fingerprint density at radius 3 is 2.41 bits per heavy atom. The smallest absolute Gasteiger partial charge is 0.414 e. The molecule has 1 N–H and O–H groups in total.